The number of hydrogen-bond acceptors (Lipinski definition) is 5. The average molecular weight is 181 g/mol. The molecule has 0 atom stereocenters. The number of likely N-dealkylation sites (N-methyl/N-ethyl adjacent to an activating group) is 1. The van der Waals surface area contributed by atoms with Crippen LogP contribution in [0.5, 0.6) is 0 Å². The Kier molecular flexibility index (Phi) is 8.43. The van der Waals surface area contributed by atoms with Crippen molar-refractivity contribution in [2.75, 3.05) is 26.3 Å². The molecular formula is C6H15NO3S. The molecule has 0 aliphatic rings. The monoisotopic (exact) mass is 181 g/mol. The quantitative estimate of drug-likeness (QED) is 0.211. The highest BCUT2D eigenvalue weighted by Crippen LogP contribution is 2.07. The van der Waals surface area contributed by atoms with Crippen LogP contribution in [0.3, 0.4) is 0 Å². The molecule has 5 heteroatoms. The third kappa shape index (κ3) is 6.58. The van der Waals surface area contributed by atoms with Gasteiger partial charge in [0.1, 0.15) is 12.2 Å². The zero-order valence-corrected chi connectivity index (χ0v) is 7.76. The molecule has 0 saturated carbocycles. The predicted molar refractivity (Wildman–Crippen MR) is 45.0 cm³/mol. The molecule has 0 bridgehead atoms. The lowest BCUT2D eigenvalue weighted by Crippen LogP contribution is -2.20. The topological polar surface area (TPSA) is 41.9 Å². The van der Waals surface area contributed by atoms with Crippen molar-refractivity contribution in [3.05, 3.63) is 0 Å². The molecule has 0 heterocycles. The maximum Gasteiger partial charge on any atom is 0.120 e. The van der Waals surface area contributed by atoms with Crippen LogP contribution >= 0.6 is 12.2 Å². The average Bonchev–Trinajstić information content (AvgIpc) is 2.03. The Hall–Kier alpha value is 0.190. The van der Waals surface area contributed by atoms with E-state index in [4.69, 9.17) is 9.99 Å². The standard InChI is InChI=1S/C6H15NO3S/c1-3-7(11-10-8)5-6-9-4-2/h8H,3-6H2,1-2H3. The largest absolute Gasteiger partial charge is 0.380 e. The van der Waals surface area contributed by atoms with Crippen molar-refractivity contribution in [1.82, 2.24) is 4.31 Å². The van der Waals surface area contributed by atoms with E-state index in [0.29, 0.717) is 6.61 Å². The van der Waals surface area contributed by atoms with Crippen LogP contribution < -0.4 is 0 Å². The highest BCUT2D eigenvalue weighted by atomic mass is 32.2. The third-order valence-corrected chi connectivity index (χ3v) is 1.90. The normalized spacial score (nSPS) is 10.9. The second-order valence-corrected chi connectivity index (χ2v) is 2.68. The van der Waals surface area contributed by atoms with E-state index in [1.54, 1.807) is 0 Å². The number of rotatable bonds is 7. The molecule has 4 nitrogen and oxygen atoms in total. The molecule has 0 fully saturated rings. The van der Waals surface area contributed by atoms with E-state index in [9.17, 15) is 0 Å². The molecule has 0 aliphatic heterocycles. The molecule has 0 aliphatic carbocycles. The minimum atomic E-state index is 0.667. The highest BCUT2D eigenvalue weighted by Gasteiger charge is 2.01. The van der Waals surface area contributed by atoms with Gasteiger partial charge < -0.3 is 4.74 Å². The van der Waals surface area contributed by atoms with E-state index in [1.165, 1.54) is 0 Å². The Morgan fingerprint density at radius 1 is 1.45 bits per heavy atom. The van der Waals surface area contributed by atoms with Crippen molar-refractivity contribution in [3.8, 4) is 0 Å². The Morgan fingerprint density at radius 3 is 2.64 bits per heavy atom. The number of hydrogen-bond donors (Lipinski definition) is 1. The molecule has 0 aromatic carbocycles. The van der Waals surface area contributed by atoms with Gasteiger partial charge >= 0.3 is 0 Å². The van der Waals surface area contributed by atoms with Gasteiger partial charge in [-0.25, -0.2) is 9.56 Å². The fourth-order valence-electron chi connectivity index (χ4n) is 0.606. The lowest BCUT2D eigenvalue weighted by Gasteiger charge is -2.14. The molecule has 68 valence electrons. The van der Waals surface area contributed by atoms with Gasteiger partial charge in [-0.05, 0) is 6.92 Å². The van der Waals surface area contributed by atoms with Gasteiger partial charge in [-0.2, -0.15) is 0 Å². The van der Waals surface area contributed by atoms with Crippen LogP contribution in [0.4, 0.5) is 0 Å². The maximum atomic E-state index is 8.10. The van der Waals surface area contributed by atoms with Crippen molar-refractivity contribution >= 4 is 12.2 Å². The molecule has 11 heavy (non-hydrogen) atoms. The summed E-state index contributed by atoms with van der Waals surface area (Å²) in [6, 6.07) is 0. The van der Waals surface area contributed by atoms with Crippen LogP contribution in [-0.4, -0.2) is 35.9 Å². The first-order chi connectivity index (χ1) is 5.35. The van der Waals surface area contributed by atoms with Crippen LogP contribution in [0.25, 0.3) is 0 Å². The van der Waals surface area contributed by atoms with E-state index < -0.39 is 0 Å². The summed E-state index contributed by atoms with van der Waals surface area (Å²) in [6.07, 6.45) is 0. The van der Waals surface area contributed by atoms with Crippen LogP contribution in [0.15, 0.2) is 0 Å². The van der Waals surface area contributed by atoms with Crippen molar-refractivity contribution in [2.45, 2.75) is 13.8 Å². The first-order valence-corrected chi connectivity index (χ1v) is 4.35. The van der Waals surface area contributed by atoms with Gasteiger partial charge in [-0.3, -0.25) is 0 Å². The Morgan fingerprint density at radius 2 is 2.18 bits per heavy atom. The van der Waals surface area contributed by atoms with Gasteiger partial charge in [-0.1, -0.05) is 6.92 Å². The SMILES string of the molecule is CCOCCN(CC)SOO. The molecular weight excluding hydrogens is 166 g/mol. The van der Waals surface area contributed by atoms with Gasteiger partial charge in [-0.15, -0.1) is 4.33 Å². The van der Waals surface area contributed by atoms with E-state index in [-0.39, 0.29) is 0 Å². The van der Waals surface area contributed by atoms with E-state index >= 15 is 0 Å². The summed E-state index contributed by atoms with van der Waals surface area (Å²) in [5.74, 6) is 0. The van der Waals surface area contributed by atoms with Crippen molar-refractivity contribution in [3.63, 3.8) is 0 Å². The lowest BCUT2D eigenvalue weighted by molar-refractivity contribution is -0.120. The smallest absolute Gasteiger partial charge is 0.120 e. The van der Waals surface area contributed by atoms with Gasteiger partial charge in [0.2, 0.25) is 0 Å². The first-order valence-electron chi connectivity index (χ1n) is 3.66. The van der Waals surface area contributed by atoms with Crippen LogP contribution in [-0.2, 0) is 9.07 Å². The van der Waals surface area contributed by atoms with E-state index in [1.807, 2.05) is 18.2 Å². The second-order valence-electron chi connectivity index (χ2n) is 1.87. The zero-order valence-electron chi connectivity index (χ0n) is 6.95. The summed E-state index contributed by atoms with van der Waals surface area (Å²) in [7, 11) is 0. The van der Waals surface area contributed by atoms with E-state index in [2.05, 4.69) is 4.33 Å². The Bertz CT molecular complexity index is 84.2. The highest BCUT2D eigenvalue weighted by molar-refractivity contribution is 7.92. The maximum absolute atomic E-state index is 8.10. The van der Waals surface area contributed by atoms with Crippen molar-refractivity contribution in [1.29, 1.82) is 0 Å². The molecule has 0 unspecified atom stereocenters. The Balaban J connectivity index is 3.20. The summed E-state index contributed by atoms with van der Waals surface area (Å²) in [5, 5.41) is 8.10. The minimum absolute atomic E-state index is 0.667. The molecule has 0 amide bonds. The van der Waals surface area contributed by atoms with Crippen LogP contribution in [0, 0.1) is 0 Å². The lowest BCUT2D eigenvalue weighted by atomic mass is 10.6. The zero-order chi connectivity index (χ0) is 8.53. The number of ether oxygens (including phenoxy) is 1. The summed E-state index contributed by atoms with van der Waals surface area (Å²) in [5.41, 5.74) is 0. The van der Waals surface area contributed by atoms with Crippen LogP contribution in [0.2, 0.25) is 0 Å². The molecule has 0 spiro atoms. The number of nitrogens with zero attached hydrogens (tertiary/aromatic N) is 1. The summed E-state index contributed by atoms with van der Waals surface area (Å²) in [6.45, 7) is 6.90. The fraction of sp³-hybridized carbons (Fsp3) is 1.00. The molecule has 0 saturated heterocycles. The fourth-order valence-corrected chi connectivity index (χ4v) is 0.955. The van der Waals surface area contributed by atoms with Gasteiger partial charge in [0, 0.05) is 19.7 Å². The summed E-state index contributed by atoms with van der Waals surface area (Å²) < 4.78 is 10.9. The molecule has 0 rings (SSSR count). The minimum Gasteiger partial charge on any atom is -0.380 e. The second kappa shape index (κ2) is 8.29. The molecule has 0 radical (unpaired) electrons. The van der Waals surface area contributed by atoms with Crippen molar-refractivity contribution in [2.24, 2.45) is 0 Å². The summed E-state index contributed by atoms with van der Waals surface area (Å²) in [4.78, 5) is 0. The predicted octanol–water partition coefficient (Wildman–Crippen LogP) is 1.40. The first kappa shape index (κ1) is 11.2. The molecule has 0 aromatic heterocycles. The van der Waals surface area contributed by atoms with Gasteiger partial charge in [0.25, 0.3) is 0 Å². The molecule has 0 aromatic rings. The summed E-state index contributed by atoms with van der Waals surface area (Å²) >= 11 is 0.936. The van der Waals surface area contributed by atoms with Gasteiger partial charge in [0.15, 0.2) is 0 Å². The van der Waals surface area contributed by atoms with Crippen molar-refractivity contribution < 1.29 is 14.3 Å². The third-order valence-electron chi connectivity index (χ3n) is 1.18. The molecule has 1 N–H and O–H groups in total. The van der Waals surface area contributed by atoms with Gasteiger partial charge in [0.05, 0.1) is 6.61 Å². The van der Waals surface area contributed by atoms with Crippen LogP contribution in [0.1, 0.15) is 13.8 Å². The van der Waals surface area contributed by atoms with E-state index in [0.717, 1.165) is 31.9 Å². The Labute approximate surface area is 71.7 Å².